The summed E-state index contributed by atoms with van der Waals surface area (Å²) in [7, 11) is 2.00. The first-order chi connectivity index (χ1) is 10.2. The molecule has 0 amide bonds. The van der Waals surface area contributed by atoms with Crippen LogP contribution in [0.4, 0.5) is 5.82 Å². The van der Waals surface area contributed by atoms with Gasteiger partial charge in [0.05, 0.1) is 5.69 Å². The number of halogens is 1. The van der Waals surface area contributed by atoms with E-state index in [0.717, 1.165) is 27.7 Å². The Bertz CT molecular complexity index is 766. The molecule has 0 fully saturated rings. The molecule has 0 aliphatic carbocycles. The molecule has 21 heavy (non-hydrogen) atoms. The summed E-state index contributed by atoms with van der Waals surface area (Å²) in [5.41, 5.74) is 8.88. The quantitative estimate of drug-likeness (QED) is 0.805. The van der Waals surface area contributed by atoms with Crippen molar-refractivity contribution in [2.24, 2.45) is 5.73 Å². The molecule has 0 spiro atoms. The number of nitrogens with zero attached hydrogens (tertiary/aromatic N) is 3. The van der Waals surface area contributed by atoms with Crippen molar-refractivity contribution in [2.75, 3.05) is 11.9 Å². The fourth-order valence-corrected chi connectivity index (χ4v) is 2.68. The summed E-state index contributed by atoms with van der Waals surface area (Å²) in [6, 6.07) is 13.8. The third kappa shape index (κ3) is 2.60. The van der Waals surface area contributed by atoms with Gasteiger partial charge in [-0.1, -0.05) is 35.9 Å². The minimum absolute atomic E-state index is 0.438. The maximum atomic E-state index is 6.23. The van der Waals surface area contributed by atoms with Crippen molar-refractivity contribution in [3.05, 3.63) is 64.9 Å². The monoisotopic (exact) mass is 300 g/mol. The Morgan fingerprint density at radius 1 is 1.19 bits per heavy atom. The second kappa shape index (κ2) is 5.76. The standard InChI is InChI=1S/C16H17ClN4/c1-20(11-12-6-2-3-7-13(12)17)16-14(10-18)21-9-5-4-8-15(21)19-16/h2-9H,10-11,18H2,1H3. The summed E-state index contributed by atoms with van der Waals surface area (Å²) in [5, 5.41) is 0.766. The van der Waals surface area contributed by atoms with Crippen LogP contribution in [0.3, 0.4) is 0 Å². The molecule has 2 aromatic heterocycles. The van der Waals surface area contributed by atoms with Gasteiger partial charge in [-0.05, 0) is 23.8 Å². The van der Waals surface area contributed by atoms with E-state index in [-0.39, 0.29) is 0 Å². The third-order valence-corrected chi connectivity index (χ3v) is 3.90. The van der Waals surface area contributed by atoms with Crippen molar-refractivity contribution < 1.29 is 0 Å². The molecule has 4 nitrogen and oxygen atoms in total. The molecule has 108 valence electrons. The Hall–Kier alpha value is -2.04. The molecule has 3 aromatic rings. The summed E-state index contributed by atoms with van der Waals surface area (Å²) >= 11 is 6.23. The Morgan fingerprint density at radius 3 is 2.71 bits per heavy atom. The maximum Gasteiger partial charge on any atom is 0.152 e. The van der Waals surface area contributed by atoms with E-state index in [1.807, 2.05) is 60.1 Å². The number of hydrogen-bond donors (Lipinski definition) is 1. The van der Waals surface area contributed by atoms with E-state index in [4.69, 9.17) is 17.3 Å². The van der Waals surface area contributed by atoms with Gasteiger partial charge in [0, 0.05) is 31.4 Å². The summed E-state index contributed by atoms with van der Waals surface area (Å²) in [5.74, 6) is 0.892. The van der Waals surface area contributed by atoms with Crippen molar-refractivity contribution in [2.45, 2.75) is 13.1 Å². The first-order valence-corrected chi connectivity index (χ1v) is 7.19. The van der Waals surface area contributed by atoms with Crippen LogP contribution >= 0.6 is 11.6 Å². The van der Waals surface area contributed by atoms with Gasteiger partial charge in [0.15, 0.2) is 5.82 Å². The van der Waals surface area contributed by atoms with Gasteiger partial charge in [-0.15, -0.1) is 0 Å². The van der Waals surface area contributed by atoms with Crippen LogP contribution in [-0.2, 0) is 13.1 Å². The number of pyridine rings is 1. The van der Waals surface area contributed by atoms with Gasteiger partial charge < -0.3 is 15.0 Å². The zero-order chi connectivity index (χ0) is 14.8. The van der Waals surface area contributed by atoms with Gasteiger partial charge in [0.25, 0.3) is 0 Å². The van der Waals surface area contributed by atoms with Gasteiger partial charge >= 0.3 is 0 Å². The molecule has 0 unspecified atom stereocenters. The van der Waals surface area contributed by atoms with Crippen LogP contribution in [0, 0.1) is 0 Å². The van der Waals surface area contributed by atoms with Crippen molar-refractivity contribution in [3.8, 4) is 0 Å². The molecule has 0 saturated heterocycles. The Labute approximate surface area is 128 Å². The van der Waals surface area contributed by atoms with Crippen molar-refractivity contribution >= 4 is 23.1 Å². The number of benzene rings is 1. The fraction of sp³-hybridized carbons (Fsp3) is 0.188. The maximum absolute atomic E-state index is 6.23. The van der Waals surface area contributed by atoms with Crippen LogP contribution in [-0.4, -0.2) is 16.4 Å². The van der Waals surface area contributed by atoms with E-state index in [1.165, 1.54) is 0 Å². The number of fused-ring (bicyclic) bond motifs is 1. The van der Waals surface area contributed by atoms with Crippen molar-refractivity contribution in [1.82, 2.24) is 9.38 Å². The van der Waals surface area contributed by atoms with Crippen LogP contribution in [0.25, 0.3) is 5.65 Å². The highest BCUT2D eigenvalue weighted by Crippen LogP contribution is 2.24. The van der Waals surface area contributed by atoms with Crippen LogP contribution in [0.2, 0.25) is 5.02 Å². The molecular formula is C16H17ClN4. The van der Waals surface area contributed by atoms with E-state index in [1.54, 1.807) is 0 Å². The van der Waals surface area contributed by atoms with E-state index < -0.39 is 0 Å². The molecule has 0 aliphatic rings. The highest BCUT2D eigenvalue weighted by Gasteiger charge is 2.15. The normalized spacial score (nSPS) is 11.0. The minimum Gasteiger partial charge on any atom is -0.354 e. The summed E-state index contributed by atoms with van der Waals surface area (Å²) in [6.45, 7) is 1.13. The van der Waals surface area contributed by atoms with Gasteiger partial charge in [0.1, 0.15) is 5.65 Å². The zero-order valence-electron chi connectivity index (χ0n) is 11.8. The topological polar surface area (TPSA) is 46.6 Å². The Kier molecular flexibility index (Phi) is 3.82. The predicted molar refractivity (Wildman–Crippen MR) is 86.6 cm³/mol. The molecule has 0 saturated carbocycles. The van der Waals surface area contributed by atoms with Gasteiger partial charge in [-0.3, -0.25) is 0 Å². The number of imidazole rings is 1. The van der Waals surface area contributed by atoms with Crippen LogP contribution < -0.4 is 10.6 Å². The van der Waals surface area contributed by atoms with E-state index in [2.05, 4.69) is 9.88 Å². The Morgan fingerprint density at radius 2 is 1.95 bits per heavy atom. The molecule has 0 radical (unpaired) electrons. The first-order valence-electron chi connectivity index (χ1n) is 6.81. The summed E-state index contributed by atoms with van der Waals surface area (Å²) < 4.78 is 2.03. The molecule has 0 bridgehead atoms. The van der Waals surface area contributed by atoms with Crippen LogP contribution in [0.15, 0.2) is 48.7 Å². The van der Waals surface area contributed by atoms with Crippen LogP contribution in [0.5, 0.6) is 0 Å². The molecular weight excluding hydrogens is 284 g/mol. The Balaban J connectivity index is 1.98. The van der Waals surface area contributed by atoms with Gasteiger partial charge in [-0.25, -0.2) is 4.98 Å². The SMILES string of the molecule is CN(Cc1ccccc1Cl)c1nc2ccccn2c1CN. The average molecular weight is 301 g/mol. The van der Waals surface area contributed by atoms with E-state index >= 15 is 0 Å². The third-order valence-electron chi connectivity index (χ3n) is 3.53. The molecule has 1 aromatic carbocycles. The van der Waals surface area contributed by atoms with Crippen LogP contribution in [0.1, 0.15) is 11.3 Å². The van der Waals surface area contributed by atoms with E-state index in [9.17, 15) is 0 Å². The summed E-state index contributed by atoms with van der Waals surface area (Å²) in [4.78, 5) is 6.75. The second-order valence-corrected chi connectivity index (χ2v) is 5.37. The fourth-order valence-electron chi connectivity index (χ4n) is 2.49. The predicted octanol–water partition coefficient (Wildman–Crippen LogP) is 3.08. The molecule has 3 rings (SSSR count). The average Bonchev–Trinajstić information content (AvgIpc) is 2.88. The highest BCUT2D eigenvalue weighted by atomic mass is 35.5. The first kappa shape index (κ1) is 13.9. The van der Waals surface area contributed by atoms with E-state index in [0.29, 0.717) is 13.1 Å². The summed E-state index contributed by atoms with van der Waals surface area (Å²) in [6.07, 6.45) is 1.98. The lowest BCUT2D eigenvalue weighted by Crippen LogP contribution is -2.19. The van der Waals surface area contributed by atoms with Crippen molar-refractivity contribution in [3.63, 3.8) is 0 Å². The number of nitrogens with two attached hydrogens (primary N) is 1. The molecule has 2 N–H and O–H groups in total. The largest absolute Gasteiger partial charge is 0.354 e. The molecule has 0 atom stereocenters. The lowest BCUT2D eigenvalue weighted by Gasteiger charge is -2.18. The zero-order valence-corrected chi connectivity index (χ0v) is 12.6. The van der Waals surface area contributed by atoms with Crippen molar-refractivity contribution in [1.29, 1.82) is 0 Å². The number of hydrogen-bond acceptors (Lipinski definition) is 3. The minimum atomic E-state index is 0.438. The molecule has 2 heterocycles. The number of rotatable bonds is 4. The smallest absolute Gasteiger partial charge is 0.152 e. The lowest BCUT2D eigenvalue weighted by atomic mass is 10.2. The second-order valence-electron chi connectivity index (χ2n) is 4.96. The molecule has 5 heteroatoms. The van der Waals surface area contributed by atoms with Gasteiger partial charge in [0.2, 0.25) is 0 Å². The highest BCUT2D eigenvalue weighted by molar-refractivity contribution is 6.31. The number of aromatic nitrogens is 2. The van der Waals surface area contributed by atoms with Gasteiger partial charge in [-0.2, -0.15) is 0 Å². The lowest BCUT2D eigenvalue weighted by molar-refractivity contribution is 0.873. The molecule has 0 aliphatic heterocycles. The number of anilines is 1.